The topological polar surface area (TPSA) is 0 Å². The lowest BCUT2D eigenvalue weighted by Crippen LogP contribution is -1.99. The van der Waals surface area contributed by atoms with Crippen LogP contribution in [0, 0.1) is 5.92 Å². The van der Waals surface area contributed by atoms with Crippen LogP contribution in [0.15, 0.2) is 36.5 Å². The molecule has 1 aliphatic rings. The molecule has 0 aromatic heterocycles. The Morgan fingerprint density at radius 1 is 1.07 bits per heavy atom. The number of hydrogen-bond donors (Lipinski definition) is 0. The average molecular weight is 190 g/mol. The predicted molar refractivity (Wildman–Crippen MR) is 64.3 cm³/mol. The highest BCUT2D eigenvalue weighted by atomic mass is 14.2. The van der Waals surface area contributed by atoms with Crippen LogP contribution in [0.3, 0.4) is 0 Å². The smallest absolute Gasteiger partial charge is 0.0203 e. The van der Waals surface area contributed by atoms with Crippen LogP contribution < -0.4 is 0 Å². The van der Waals surface area contributed by atoms with Crippen molar-refractivity contribution in [1.29, 1.82) is 0 Å². The van der Waals surface area contributed by atoms with Crippen molar-refractivity contribution in [3.8, 4) is 0 Å². The van der Waals surface area contributed by atoms with E-state index in [1.165, 1.54) is 38.5 Å². The Hall–Kier alpha value is -0.780. The molecule has 0 radical (unpaired) electrons. The zero-order valence-corrected chi connectivity index (χ0v) is 9.34. The summed E-state index contributed by atoms with van der Waals surface area (Å²) in [6, 6.07) is 0. The molecule has 0 amide bonds. The third kappa shape index (κ3) is 3.95. The van der Waals surface area contributed by atoms with Gasteiger partial charge in [0.15, 0.2) is 0 Å². The Bertz CT molecular complexity index is 212. The Morgan fingerprint density at radius 2 is 1.71 bits per heavy atom. The SMILES string of the molecule is C=C/C=C\C=C(/C)C1CCCCCC1. The van der Waals surface area contributed by atoms with Gasteiger partial charge >= 0.3 is 0 Å². The van der Waals surface area contributed by atoms with Crippen molar-refractivity contribution in [2.24, 2.45) is 5.92 Å². The van der Waals surface area contributed by atoms with E-state index in [0.29, 0.717) is 0 Å². The van der Waals surface area contributed by atoms with Crippen molar-refractivity contribution in [3.05, 3.63) is 36.5 Å². The van der Waals surface area contributed by atoms with Gasteiger partial charge in [0, 0.05) is 0 Å². The summed E-state index contributed by atoms with van der Waals surface area (Å²) in [5.41, 5.74) is 1.55. The van der Waals surface area contributed by atoms with Crippen molar-refractivity contribution >= 4 is 0 Å². The van der Waals surface area contributed by atoms with E-state index in [1.807, 2.05) is 12.2 Å². The van der Waals surface area contributed by atoms with Gasteiger partial charge < -0.3 is 0 Å². The van der Waals surface area contributed by atoms with Gasteiger partial charge in [-0.3, -0.25) is 0 Å². The minimum Gasteiger partial charge on any atom is -0.0991 e. The summed E-state index contributed by atoms with van der Waals surface area (Å²) in [6.45, 7) is 5.94. The lowest BCUT2D eigenvalue weighted by molar-refractivity contribution is 0.530. The normalized spacial score (nSPS) is 21.1. The summed E-state index contributed by atoms with van der Waals surface area (Å²) in [5.74, 6) is 0.840. The van der Waals surface area contributed by atoms with Gasteiger partial charge in [-0.2, -0.15) is 0 Å². The van der Waals surface area contributed by atoms with E-state index in [0.717, 1.165) is 5.92 Å². The molecule has 0 atom stereocenters. The van der Waals surface area contributed by atoms with Crippen LogP contribution in [-0.2, 0) is 0 Å². The van der Waals surface area contributed by atoms with Gasteiger partial charge in [0.2, 0.25) is 0 Å². The molecule has 0 unspecified atom stereocenters. The van der Waals surface area contributed by atoms with E-state index in [4.69, 9.17) is 0 Å². The van der Waals surface area contributed by atoms with Crippen molar-refractivity contribution in [2.45, 2.75) is 45.4 Å². The van der Waals surface area contributed by atoms with Gasteiger partial charge in [-0.05, 0) is 25.7 Å². The summed E-state index contributed by atoms with van der Waals surface area (Å²) in [5, 5.41) is 0. The minimum atomic E-state index is 0.840. The molecule has 1 aliphatic carbocycles. The molecule has 0 nitrogen and oxygen atoms in total. The third-order valence-corrected chi connectivity index (χ3v) is 3.11. The van der Waals surface area contributed by atoms with Crippen LogP contribution >= 0.6 is 0 Å². The highest BCUT2D eigenvalue weighted by Gasteiger charge is 2.12. The maximum Gasteiger partial charge on any atom is -0.0203 e. The van der Waals surface area contributed by atoms with Gasteiger partial charge in [0.25, 0.3) is 0 Å². The van der Waals surface area contributed by atoms with E-state index >= 15 is 0 Å². The molecule has 1 saturated carbocycles. The van der Waals surface area contributed by atoms with Crippen LogP contribution in [0.2, 0.25) is 0 Å². The quantitative estimate of drug-likeness (QED) is 0.449. The number of hydrogen-bond acceptors (Lipinski definition) is 0. The van der Waals surface area contributed by atoms with Gasteiger partial charge in [-0.1, -0.05) is 62.1 Å². The molecule has 0 aliphatic heterocycles. The summed E-state index contributed by atoms with van der Waals surface area (Å²) >= 11 is 0. The molecule has 0 saturated heterocycles. The molecule has 0 spiro atoms. The first-order valence-corrected chi connectivity index (χ1v) is 5.80. The second kappa shape index (κ2) is 6.64. The Morgan fingerprint density at radius 3 is 2.29 bits per heavy atom. The Kier molecular flexibility index (Phi) is 5.36. The van der Waals surface area contributed by atoms with Crippen LogP contribution in [0.25, 0.3) is 0 Å². The first kappa shape index (κ1) is 11.3. The second-order valence-corrected chi connectivity index (χ2v) is 4.22. The van der Waals surface area contributed by atoms with Gasteiger partial charge in [0.05, 0.1) is 0 Å². The number of allylic oxidation sites excluding steroid dienone is 5. The number of rotatable bonds is 3. The molecule has 0 aromatic carbocycles. The minimum absolute atomic E-state index is 0.840. The van der Waals surface area contributed by atoms with Crippen molar-refractivity contribution in [1.82, 2.24) is 0 Å². The summed E-state index contributed by atoms with van der Waals surface area (Å²) in [6.07, 6.45) is 16.7. The molecule has 0 aromatic rings. The lowest BCUT2D eigenvalue weighted by atomic mass is 9.92. The van der Waals surface area contributed by atoms with Crippen molar-refractivity contribution < 1.29 is 0 Å². The third-order valence-electron chi connectivity index (χ3n) is 3.11. The monoisotopic (exact) mass is 190 g/mol. The highest BCUT2D eigenvalue weighted by molar-refractivity contribution is 5.16. The molecule has 0 heteroatoms. The molecular weight excluding hydrogens is 168 g/mol. The highest BCUT2D eigenvalue weighted by Crippen LogP contribution is 2.28. The molecule has 1 rings (SSSR count). The molecule has 14 heavy (non-hydrogen) atoms. The van der Waals surface area contributed by atoms with E-state index in [9.17, 15) is 0 Å². The molecule has 78 valence electrons. The lowest BCUT2D eigenvalue weighted by Gasteiger charge is -2.13. The van der Waals surface area contributed by atoms with Gasteiger partial charge in [-0.15, -0.1) is 0 Å². The standard InChI is InChI=1S/C14H22/c1-3-4-7-10-13(2)14-11-8-5-6-9-12-14/h3-4,7,10,14H,1,5-6,8-9,11-12H2,2H3/b7-4-,13-10+. The molecule has 0 bridgehead atoms. The fourth-order valence-electron chi connectivity index (χ4n) is 2.16. The van der Waals surface area contributed by atoms with Crippen LogP contribution in [-0.4, -0.2) is 0 Å². The Balaban J connectivity index is 2.48. The van der Waals surface area contributed by atoms with Crippen LogP contribution in [0.1, 0.15) is 45.4 Å². The van der Waals surface area contributed by atoms with Gasteiger partial charge in [-0.25, -0.2) is 0 Å². The fraction of sp³-hybridized carbons (Fsp3) is 0.571. The van der Waals surface area contributed by atoms with E-state index < -0.39 is 0 Å². The first-order chi connectivity index (χ1) is 6.84. The predicted octanol–water partition coefficient (Wildman–Crippen LogP) is 4.65. The maximum absolute atomic E-state index is 3.67. The summed E-state index contributed by atoms with van der Waals surface area (Å²) in [7, 11) is 0. The van der Waals surface area contributed by atoms with Crippen molar-refractivity contribution in [3.63, 3.8) is 0 Å². The van der Waals surface area contributed by atoms with Crippen molar-refractivity contribution in [2.75, 3.05) is 0 Å². The summed E-state index contributed by atoms with van der Waals surface area (Å²) < 4.78 is 0. The zero-order chi connectivity index (χ0) is 10.2. The van der Waals surface area contributed by atoms with E-state index in [-0.39, 0.29) is 0 Å². The average Bonchev–Trinajstić information content (AvgIpc) is 2.46. The molecule has 1 fully saturated rings. The van der Waals surface area contributed by atoms with Crippen LogP contribution in [0.5, 0.6) is 0 Å². The molecule has 0 N–H and O–H groups in total. The zero-order valence-electron chi connectivity index (χ0n) is 9.34. The van der Waals surface area contributed by atoms with Gasteiger partial charge in [0.1, 0.15) is 0 Å². The van der Waals surface area contributed by atoms with E-state index in [2.05, 4.69) is 25.7 Å². The molecular formula is C14H22. The second-order valence-electron chi connectivity index (χ2n) is 4.22. The fourth-order valence-corrected chi connectivity index (χ4v) is 2.16. The molecule has 0 heterocycles. The largest absolute Gasteiger partial charge is 0.0991 e. The maximum atomic E-state index is 3.67. The summed E-state index contributed by atoms with van der Waals surface area (Å²) in [4.78, 5) is 0. The first-order valence-electron chi connectivity index (χ1n) is 5.80. The Labute approximate surface area is 88.4 Å². The van der Waals surface area contributed by atoms with E-state index in [1.54, 1.807) is 5.57 Å². The van der Waals surface area contributed by atoms with Crippen LogP contribution in [0.4, 0.5) is 0 Å².